The van der Waals surface area contributed by atoms with Crippen LogP contribution in [0.4, 0.5) is 0 Å². The van der Waals surface area contributed by atoms with Crippen molar-refractivity contribution < 1.29 is 13.2 Å². The average Bonchev–Trinajstić information content (AvgIpc) is 2.71. The Morgan fingerprint density at radius 3 is 2.78 bits per heavy atom. The fraction of sp³-hybridized carbons (Fsp3) is 0.909. The predicted octanol–water partition coefficient (Wildman–Crippen LogP) is -0.638. The Morgan fingerprint density at radius 1 is 1.28 bits per heavy atom. The van der Waals surface area contributed by atoms with Crippen molar-refractivity contribution in [3.63, 3.8) is 0 Å². The minimum absolute atomic E-state index is 0.0931. The SMILES string of the molecule is NCCCCS(=O)(=O)N1CCN2C(=O)CCC2C1. The number of carbonyl (C=O) groups excluding carboxylic acids is 1. The van der Waals surface area contributed by atoms with Crippen molar-refractivity contribution in [2.75, 3.05) is 31.9 Å². The lowest BCUT2D eigenvalue weighted by molar-refractivity contribution is -0.130. The molecule has 6 nitrogen and oxygen atoms in total. The van der Waals surface area contributed by atoms with E-state index in [9.17, 15) is 13.2 Å². The van der Waals surface area contributed by atoms with E-state index in [0.717, 1.165) is 12.8 Å². The average molecular weight is 275 g/mol. The molecule has 2 saturated heterocycles. The van der Waals surface area contributed by atoms with Gasteiger partial charge in [-0.3, -0.25) is 4.79 Å². The number of hydrogen-bond acceptors (Lipinski definition) is 4. The van der Waals surface area contributed by atoms with Gasteiger partial charge in [-0.25, -0.2) is 8.42 Å². The van der Waals surface area contributed by atoms with E-state index in [1.54, 1.807) is 4.31 Å². The summed E-state index contributed by atoms with van der Waals surface area (Å²) >= 11 is 0. The van der Waals surface area contributed by atoms with Crippen LogP contribution >= 0.6 is 0 Å². The van der Waals surface area contributed by atoms with Gasteiger partial charge in [-0.1, -0.05) is 0 Å². The van der Waals surface area contributed by atoms with Crippen LogP contribution in [0.25, 0.3) is 0 Å². The van der Waals surface area contributed by atoms with Crippen molar-refractivity contribution in [1.29, 1.82) is 0 Å². The summed E-state index contributed by atoms with van der Waals surface area (Å²) in [6.07, 6.45) is 2.70. The molecular weight excluding hydrogens is 254 g/mol. The molecule has 0 aromatic rings. The van der Waals surface area contributed by atoms with Crippen molar-refractivity contribution in [2.24, 2.45) is 5.73 Å². The summed E-state index contributed by atoms with van der Waals surface area (Å²) in [7, 11) is -3.17. The first-order chi connectivity index (χ1) is 8.54. The predicted molar refractivity (Wildman–Crippen MR) is 68.4 cm³/mol. The van der Waals surface area contributed by atoms with Gasteiger partial charge in [0.2, 0.25) is 15.9 Å². The second-order valence-corrected chi connectivity index (χ2v) is 7.04. The van der Waals surface area contributed by atoms with Gasteiger partial charge in [0.25, 0.3) is 0 Å². The molecule has 2 fully saturated rings. The summed E-state index contributed by atoms with van der Waals surface area (Å²) in [5.74, 6) is 0.338. The highest BCUT2D eigenvalue weighted by Gasteiger charge is 2.38. The molecule has 2 aliphatic rings. The molecule has 0 saturated carbocycles. The van der Waals surface area contributed by atoms with Gasteiger partial charge in [0.1, 0.15) is 0 Å². The Morgan fingerprint density at radius 2 is 2.06 bits per heavy atom. The first kappa shape index (κ1) is 13.8. The van der Waals surface area contributed by atoms with Gasteiger partial charge in [-0.05, 0) is 25.8 Å². The van der Waals surface area contributed by atoms with Gasteiger partial charge in [0.05, 0.1) is 5.75 Å². The van der Waals surface area contributed by atoms with E-state index in [4.69, 9.17) is 5.73 Å². The number of amides is 1. The van der Waals surface area contributed by atoms with Crippen LogP contribution < -0.4 is 5.73 Å². The maximum atomic E-state index is 12.1. The van der Waals surface area contributed by atoms with Crippen LogP contribution in [0.3, 0.4) is 0 Å². The van der Waals surface area contributed by atoms with E-state index in [0.29, 0.717) is 39.0 Å². The highest BCUT2D eigenvalue weighted by Crippen LogP contribution is 2.24. The van der Waals surface area contributed by atoms with Gasteiger partial charge in [0.15, 0.2) is 0 Å². The third kappa shape index (κ3) is 2.84. The molecule has 1 amide bonds. The molecule has 104 valence electrons. The van der Waals surface area contributed by atoms with Crippen LogP contribution in [-0.4, -0.2) is 61.5 Å². The molecule has 1 unspecified atom stereocenters. The standard InChI is InChI=1S/C11H21N3O3S/c12-5-1-2-8-18(16,17)13-6-7-14-10(9-13)3-4-11(14)15/h10H,1-9,12H2. The van der Waals surface area contributed by atoms with Crippen molar-refractivity contribution in [3.05, 3.63) is 0 Å². The second-order valence-electron chi connectivity index (χ2n) is 4.95. The Hall–Kier alpha value is -0.660. The monoisotopic (exact) mass is 275 g/mol. The number of rotatable bonds is 5. The number of sulfonamides is 1. The molecule has 2 rings (SSSR count). The summed E-state index contributed by atoms with van der Waals surface area (Å²) in [6.45, 7) is 1.98. The van der Waals surface area contributed by atoms with Crippen LogP contribution in [0.15, 0.2) is 0 Å². The normalized spacial score (nSPS) is 25.5. The summed E-state index contributed by atoms with van der Waals surface area (Å²) in [4.78, 5) is 13.3. The molecule has 2 heterocycles. The molecule has 0 aromatic carbocycles. The Labute approximate surface area is 108 Å². The van der Waals surface area contributed by atoms with Gasteiger partial charge in [-0.2, -0.15) is 4.31 Å². The van der Waals surface area contributed by atoms with E-state index >= 15 is 0 Å². The Bertz CT molecular complexity index is 410. The molecule has 0 aliphatic carbocycles. The van der Waals surface area contributed by atoms with Gasteiger partial charge >= 0.3 is 0 Å². The van der Waals surface area contributed by atoms with Crippen LogP contribution in [0.1, 0.15) is 25.7 Å². The molecule has 0 spiro atoms. The lowest BCUT2D eigenvalue weighted by Crippen LogP contribution is -2.53. The first-order valence-corrected chi connectivity index (χ1v) is 8.13. The van der Waals surface area contributed by atoms with Crippen LogP contribution in [0.2, 0.25) is 0 Å². The molecular formula is C11H21N3O3S. The zero-order chi connectivity index (χ0) is 13.2. The van der Waals surface area contributed by atoms with E-state index < -0.39 is 10.0 Å². The Balaban J connectivity index is 1.93. The maximum absolute atomic E-state index is 12.1. The number of unbranched alkanes of at least 4 members (excludes halogenated alkanes) is 1. The molecule has 1 atom stereocenters. The number of fused-ring (bicyclic) bond motifs is 1. The van der Waals surface area contributed by atoms with Crippen molar-refractivity contribution in [3.8, 4) is 0 Å². The molecule has 7 heteroatoms. The summed E-state index contributed by atoms with van der Waals surface area (Å²) in [5.41, 5.74) is 5.37. The number of carbonyl (C=O) groups is 1. The van der Waals surface area contributed by atoms with Gasteiger partial charge in [-0.15, -0.1) is 0 Å². The van der Waals surface area contributed by atoms with Gasteiger partial charge in [0, 0.05) is 32.1 Å². The molecule has 2 N–H and O–H groups in total. The maximum Gasteiger partial charge on any atom is 0.222 e. The van der Waals surface area contributed by atoms with Gasteiger partial charge < -0.3 is 10.6 Å². The summed E-state index contributed by atoms with van der Waals surface area (Å²) in [5, 5.41) is 0. The molecule has 0 bridgehead atoms. The van der Waals surface area contributed by atoms with Crippen molar-refractivity contribution in [2.45, 2.75) is 31.7 Å². The van der Waals surface area contributed by atoms with Crippen LogP contribution in [-0.2, 0) is 14.8 Å². The third-order valence-electron chi connectivity index (χ3n) is 3.71. The minimum Gasteiger partial charge on any atom is -0.337 e. The lowest BCUT2D eigenvalue weighted by atomic mass is 10.2. The highest BCUT2D eigenvalue weighted by molar-refractivity contribution is 7.89. The lowest BCUT2D eigenvalue weighted by Gasteiger charge is -2.36. The quantitative estimate of drug-likeness (QED) is 0.677. The van der Waals surface area contributed by atoms with Crippen molar-refractivity contribution in [1.82, 2.24) is 9.21 Å². The second kappa shape index (κ2) is 5.54. The first-order valence-electron chi connectivity index (χ1n) is 6.52. The van der Waals surface area contributed by atoms with Crippen molar-refractivity contribution >= 4 is 15.9 Å². The topological polar surface area (TPSA) is 83.7 Å². The highest BCUT2D eigenvalue weighted by atomic mass is 32.2. The molecule has 0 aromatic heterocycles. The number of nitrogens with zero attached hydrogens (tertiary/aromatic N) is 2. The van der Waals surface area contributed by atoms with Crippen LogP contribution in [0.5, 0.6) is 0 Å². The number of hydrogen-bond donors (Lipinski definition) is 1. The van der Waals surface area contributed by atoms with Crippen LogP contribution in [0, 0.1) is 0 Å². The summed E-state index contributed by atoms with van der Waals surface area (Å²) < 4.78 is 25.8. The zero-order valence-corrected chi connectivity index (χ0v) is 11.4. The smallest absolute Gasteiger partial charge is 0.222 e. The van der Waals surface area contributed by atoms with E-state index in [2.05, 4.69) is 0 Å². The third-order valence-corrected chi connectivity index (χ3v) is 5.63. The van der Waals surface area contributed by atoms with E-state index in [1.807, 2.05) is 4.90 Å². The number of nitrogens with two attached hydrogens (primary N) is 1. The molecule has 2 aliphatic heterocycles. The Kier molecular flexibility index (Phi) is 4.24. The summed E-state index contributed by atoms with van der Waals surface area (Å²) in [6, 6.07) is 0.0931. The minimum atomic E-state index is -3.17. The fourth-order valence-corrected chi connectivity index (χ4v) is 4.23. The largest absolute Gasteiger partial charge is 0.337 e. The molecule has 18 heavy (non-hydrogen) atoms. The molecule has 0 radical (unpaired) electrons. The number of piperazine rings is 1. The fourth-order valence-electron chi connectivity index (χ4n) is 2.65. The van der Waals surface area contributed by atoms with E-state index in [-0.39, 0.29) is 17.7 Å². The zero-order valence-electron chi connectivity index (χ0n) is 10.5. The van der Waals surface area contributed by atoms with E-state index in [1.165, 1.54) is 0 Å².